The lowest BCUT2D eigenvalue weighted by atomic mass is 10.2. The Bertz CT molecular complexity index is 1100. The summed E-state index contributed by atoms with van der Waals surface area (Å²) < 4.78 is 19.2. The Morgan fingerprint density at radius 1 is 1.06 bits per heavy atom. The molecule has 9 heteroatoms. The molecule has 0 unspecified atom stereocenters. The largest absolute Gasteiger partial charge is 0.495 e. The summed E-state index contributed by atoms with van der Waals surface area (Å²) in [6, 6.07) is 13.5. The summed E-state index contributed by atoms with van der Waals surface area (Å²) in [5.74, 6) is -0.600. The summed E-state index contributed by atoms with van der Waals surface area (Å²) in [7, 11) is 1.64. The van der Waals surface area contributed by atoms with Crippen molar-refractivity contribution in [1.82, 2.24) is 9.88 Å². The lowest BCUT2D eigenvalue weighted by Gasteiger charge is -2.36. The Balaban J connectivity index is 1.37. The molecular weight excluding hydrogens is 419 g/mol. The van der Waals surface area contributed by atoms with Crippen molar-refractivity contribution in [3.05, 3.63) is 71.0 Å². The third-order valence-electron chi connectivity index (χ3n) is 5.05. The number of aromatic nitrogens is 1. The highest BCUT2D eigenvalue weighted by Gasteiger charge is 2.25. The van der Waals surface area contributed by atoms with Crippen LogP contribution in [0.4, 0.5) is 15.2 Å². The number of thiazole rings is 1. The monoisotopic (exact) mass is 440 g/mol. The third kappa shape index (κ3) is 4.51. The molecule has 2 amide bonds. The minimum atomic E-state index is -0.610. The number of amides is 2. The summed E-state index contributed by atoms with van der Waals surface area (Å²) >= 11 is 1.13. The zero-order valence-corrected chi connectivity index (χ0v) is 17.7. The zero-order valence-electron chi connectivity index (χ0n) is 16.9. The molecule has 1 N–H and O–H groups in total. The van der Waals surface area contributed by atoms with E-state index in [-0.39, 0.29) is 22.3 Å². The van der Waals surface area contributed by atoms with Crippen molar-refractivity contribution >= 4 is 34.0 Å². The van der Waals surface area contributed by atoms with E-state index in [1.54, 1.807) is 23.5 Å². The van der Waals surface area contributed by atoms with Gasteiger partial charge in [0.25, 0.3) is 11.8 Å². The lowest BCUT2D eigenvalue weighted by Crippen LogP contribution is -2.49. The van der Waals surface area contributed by atoms with Crippen molar-refractivity contribution in [3.8, 4) is 5.75 Å². The number of carbonyl (C=O) groups excluding carboxylic acids is 2. The molecular formula is C22H21FN4O3S. The molecule has 1 fully saturated rings. The summed E-state index contributed by atoms with van der Waals surface area (Å²) in [6.45, 7) is 2.44. The van der Waals surface area contributed by atoms with Gasteiger partial charge >= 0.3 is 0 Å². The molecule has 1 aromatic heterocycles. The molecule has 2 heterocycles. The first kappa shape index (κ1) is 20.8. The molecule has 1 aliphatic rings. The van der Waals surface area contributed by atoms with Gasteiger partial charge in [0.2, 0.25) is 0 Å². The fraction of sp³-hybridized carbons (Fsp3) is 0.227. The topological polar surface area (TPSA) is 74.8 Å². The van der Waals surface area contributed by atoms with E-state index in [0.29, 0.717) is 26.2 Å². The number of para-hydroxylation sites is 2. The molecule has 4 rings (SSSR count). The summed E-state index contributed by atoms with van der Waals surface area (Å²) in [4.78, 5) is 33.2. The van der Waals surface area contributed by atoms with E-state index in [4.69, 9.17) is 4.74 Å². The molecule has 0 aliphatic carbocycles. The fourth-order valence-corrected chi connectivity index (χ4v) is 4.12. The van der Waals surface area contributed by atoms with Crippen LogP contribution in [-0.2, 0) is 0 Å². The highest BCUT2D eigenvalue weighted by atomic mass is 32.1. The Morgan fingerprint density at radius 2 is 1.77 bits per heavy atom. The molecule has 31 heavy (non-hydrogen) atoms. The number of nitrogens with zero attached hydrogens (tertiary/aromatic N) is 3. The standard InChI is InChI=1S/C22H21FN4O3S/c1-30-19-9-5-4-8-18(19)26-10-12-27(13-11-26)21(29)17-14-31-22(24-17)25-20(28)15-6-2-3-7-16(15)23/h2-9,14H,10-13H2,1H3,(H,24,25,28). The van der Waals surface area contributed by atoms with E-state index < -0.39 is 11.7 Å². The van der Waals surface area contributed by atoms with E-state index in [1.165, 1.54) is 18.2 Å². The summed E-state index contributed by atoms with van der Waals surface area (Å²) in [5.41, 5.74) is 1.20. The van der Waals surface area contributed by atoms with Gasteiger partial charge in [0.15, 0.2) is 5.13 Å². The lowest BCUT2D eigenvalue weighted by molar-refractivity contribution is 0.0741. The van der Waals surface area contributed by atoms with Crippen LogP contribution in [0.2, 0.25) is 0 Å². The Morgan fingerprint density at radius 3 is 2.52 bits per heavy atom. The number of methoxy groups -OCH3 is 1. The second-order valence-electron chi connectivity index (χ2n) is 6.92. The Labute approximate surface area is 183 Å². The maximum atomic E-state index is 13.8. The van der Waals surface area contributed by atoms with Crippen LogP contribution < -0.4 is 15.0 Å². The first-order valence-corrected chi connectivity index (χ1v) is 10.6. The van der Waals surface area contributed by atoms with Crippen molar-refractivity contribution in [2.75, 3.05) is 43.5 Å². The van der Waals surface area contributed by atoms with Gasteiger partial charge in [-0.3, -0.25) is 14.9 Å². The van der Waals surface area contributed by atoms with Crippen molar-refractivity contribution in [1.29, 1.82) is 0 Å². The minimum Gasteiger partial charge on any atom is -0.495 e. The molecule has 1 saturated heterocycles. The summed E-state index contributed by atoms with van der Waals surface area (Å²) in [6.07, 6.45) is 0. The van der Waals surface area contributed by atoms with Crippen molar-refractivity contribution in [2.45, 2.75) is 0 Å². The van der Waals surface area contributed by atoms with Gasteiger partial charge in [0.1, 0.15) is 17.3 Å². The quantitative estimate of drug-likeness (QED) is 0.657. The number of benzene rings is 2. The fourth-order valence-electron chi connectivity index (χ4n) is 3.44. The van der Waals surface area contributed by atoms with Crippen molar-refractivity contribution < 1.29 is 18.7 Å². The third-order valence-corrected chi connectivity index (χ3v) is 5.81. The average Bonchev–Trinajstić information content (AvgIpc) is 3.27. The molecule has 3 aromatic rings. The van der Waals surface area contributed by atoms with E-state index in [1.807, 2.05) is 24.3 Å². The number of halogens is 1. The highest BCUT2D eigenvalue weighted by Crippen LogP contribution is 2.28. The summed E-state index contributed by atoms with van der Waals surface area (Å²) in [5, 5.41) is 4.41. The number of nitrogens with one attached hydrogen (secondary N) is 1. The second kappa shape index (κ2) is 9.13. The second-order valence-corrected chi connectivity index (χ2v) is 7.78. The maximum absolute atomic E-state index is 13.8. The molecule has 7 nitrogen and oxygen atoms in total. The van der Waals surface area contributed by atoms with Gasteiger partial charge in [-0.05, 0) is 24.3 Å². The molecule has 1 aliphatic heterocycles. The number of hydrogen-bond acceptors (Lipinski definition) is 6. The maximum Gasteiger partial charge on any atom is 0.273 e. The van der Waals surface area contributed by atoms with Gasteiger partial charge in [-0.2, -0.15) is 0 Å². The van der Waals surface area contributed by atoms with Crippen LogP contribution in [0.1, 0.15) is 20.8 Å². The Hall–Kier alpha value is -3.46. The predicted octanol–water partition coefficient (Wildman–Crippen LogP) is 3.51. The molecule has 2 aromatic carbocycles. The van der Waals surface area contributed by atoms with Crippen LogP contribution in [0, 0.1) is 5.82 Å². The van der Waals surface area contributed by atoms with Crippen molar-refractivity contribution in [2.24, 2.45) is 0 Å². The van der Waals surface area contributed by atoms with E-state index in [9.17, 15) is 14.0 Å². The zero-order chi connectivity index (χ0) is 21.8. The molecule has 0 radical (unpaired) electrons. The molecule has 0 spiro atoms. The normalized spacial score (nSPS) is 13.7. The van der Waals surface area contributed by atoms with Crippen LogP contribution in [0.15, 0.2) is 53.9 Å². The van der Waals surface area contributed by atoms with Gasteiger partial charge in [0.05, 0.1) is 18.4 Å². The molecule has 160 valence electrons. The van der Waals surface area contributed by atoms with Crippen LogP contribution in [0.5, 0.6) is 5.75 Å². The number of anilines is 2. The predicted molar refractivity (Wildman–Crippen MR) is 118 cm³/mol. The van der Waals surface area contributed by atoms with Gasteiger partial charge in [-0.15, -0.1) is 11.3 Å². The van der Waals surface area contributed by atoms with Crippen LogP contribution in [0.3, 0.4) is 0 Å². The smallest absolute Gasteiger partial charge is 0.273 e. The number of carbonyl (C=O) groups is 2. The van der Waals surface area contributed by atoms with Gasteiger partial charge < -0.3 is 14.5 Å². The van der Waals surface area contributed by atoms with Crippen LogP contribution in [0.25, 0.3) is 0 Å². The molecule has 0 bridgehead atoms. The average molecular weight is 441 g/mol. The van der Waals surface area contributed by atoms with Crippen LogP contribution >= 0.6 is 11.3 Å². The highest BCUT2D eigenvalue weighted by molar-refractivity contribution is 7.14. The molecule has 0 atom stereocenters. The molecule has 0 saturated carbocycles. The first-order valence-electron chi connectivity index (χ1n) is 9.75. The first-order chi connectivity index (χ1) is 15.1. The van der Waals surface area contributed by atoms with E-state index >= 15 is 0 Å². The number of ether oxygens (including phenoxy) is 1. The number of hydrogen-bond donors (Lipinski definition) is 1. The SMILES string of the molecule is COc1ccccc1N1CCN(C(=O)c2csc(NC(=O)c3ccccc3F)n2)CC1. The van der Waals surface area contributed by atoms with Gasteiger partial charge in [-0.1, -0.05) is 24.3 Å². The Kier molecular flexibility index (Phi) is 6.13. The van der Waals surface area contributed by atoms with Gasteiger partial charge in [0, 0.05) is 31.6 Å². The van der Waals surface area contributed by atoms with E-state index in [0.717, 1.165) is 22.8 Å². The van der Waals surface area contributed by atoms with E-state index in [2.05, 4.69) is 15.2 Å². The number of piperazine rings is 1. The number of rotatable bonds is 5. The van der Waals surface area contributed by atoms with Crippen LogP contribution in [-0.4, -0.2) is 55.0 Å². The van der Waals surface area contributed by atoms with Gasteiger partial charge in [-0.25, -0.2) is 9.37 Å². The minimum absolute atomic E-state index is 0.0713. The van der Waals surface area contributed by atoms with Crippen molar-refractivity contribution in [3.63, 3.8) is 0 Å².